The van der Waals surface area contributed by atoms with Gasteiger partial charge in [-0.15, -0.1) is 0 Å². The van der Waals surface area contributed by atoms with Crippen molar-refractivity contribution in [2.45, 2.75) is 31.8 Å². The molecular formula is C12H13ClO3. The quantitative estimate of drug-likeness (QED) is 0.881. The normalized spacial score (nSPS) is 16.3. The molecule has 2 rings (SSSR count). The Morgan fingerprint density at radius 3 is 2.69 bits per heavy atom. The molecular weight excluding hydrogens is 228 g/mol. The zero-order chi connectivity index (χ0) is 11.5. The highest BCUT2D eigenvalue weighted by Gasteiger charge is 2.20. The molecule has 0 heterocycles. The highest BCUT2D eigenvalue weighted by Crippen LogP contribution is 2.28. The van der Waals surface area contributed by atoms with E-state index in [0.717, 1.165) is 25.7 Å². The van der Waals surface area contributed by atoms with E-state index < -0.39 is 5.97 Å². The number of halogens is 1. The van der Waals surface area contributed by atoms with Gasteiger partial charge in [-0.2, -0.15) is 0 Å². The molecule has 0 spiro atoms. The minimum Gasteiger partial charge on any atom is -0.490 e. The fourth-order valence-electron chi connectivity index (χ4n) is 1.96. The summed E-state index contributed by atoms with van der Waals surface area (Å²) in [7, 11) is 0. The van der Waals surface area contributed by atoms with Crippen LogP contribution in [0.4, 0.5) is 0 Å². The number of benzene rings is 1. The van der Waals surface area contributed by atoms with Gasteiger partial charge in [0.15, 0.2) is 0 Å². The number of ether oxygens (including phenoxy) is 1. The van der Waals surface area contributed by atoms with Crippen molar-refractivity contribution in [3.8, 4) is 5.75 Å². The van der Waals surface area contributed by atoms with Gasteiger partial charge in [0.05, 0.1) is 6.10 Å². The van der Waals surface area contributed by atoms with E-state index in [2.05, 4.69) is 0 Å². The number of aromatic carboxylic acids is 1. The molecule has 4 heteroatoms. The van der Waals surface area contributed by atoms with Crippen molar-refractivity contribution in [1.29, 1.82) is 0 Å². The van der Waals surface area contributed by atoms with Crippen LogP contribution in [0.25, 0.3) is 0 Å². The van der Waals surface area contributed by atoms with Crippen LogP contribution in [-0.4, -0.2) is 17.2 Å². The fourth-order valence-corrected chi connectivity index (χ4v) is 2.13. The Labute approximate surface area is 99.0 Å². The lowest BCUT2D eigenvalue weighted by Gasteiger charge is -2.14. The lowest BCUT2D eigenvalue weighted by atomic mass is 10.2. The highest BCUT2D eigenvalue weighted by atomic mass is 35.5. The van der Waals surface area contributed by atoms with Gasteiger partial charge in [-0.05, 0) is 43.9 Å². The summed E-state index contributed by atoms with van der Waals surface area (Å²) in [5.41, 5.74) is 0.138. The van der Waals surface area contributed by atoms with Gasteiger partial charge in [0, 0.05) is 5.02 Å². The summed E-state index contributed by atoms with van der Waals surface area (Å²) in [6.07, 6.45) is 4.46. The van der Waals surface area contributed by atoms with Gasteiger partial charge in [-0.3, -0.25) is 0 Å². The first-order chi connectivity index (χ1) is 7.66. The molecule has 0 atom stereocenters. The van der Waals surface area contributed by atoms with E-state index in [4.69, 9.17) is 21.4 Å². The molecule has 1 saturated carbocycles. The molecule has 1 N–H and O–H groups in total. The predicted octanol–water partition coefficient (Wildman–Crippen LogP) is 3.36. The van der Waals surface area contributed by atoms with Gasteiger partial charge in [-0.25, -0.2) is 4.79 Å². The first-order valence-electron chi connectivity index (χ1n) is 5.36. The smallest absolute Gasteiger partial charge is 0.339 e. The topological polar surface area (TPSA) is 46.5 Å². The molecule has 86 valence electrons. The third-order valence-corrected chi connectivity index (χ3v) is 3.00. The van der Waals surface area contributed by atoms with E-state index in [0.29, 0.717) is 10.8 Å². The van der Waals surface area contributed by atoms with Crippen molar-refractivity contribution < 1.29 is 14.6 Å². The summed E-state index contributed by atoms with van der Waals surface area (Å²) >= 11 is 5.76. The Morgan fingerprint density at radius 2 is 2.06 bits per heavy atom. The Hall–Kier alpha value is -1.22. The molecule has 0 saturated heterocycles. The Balaban J connectivity index is 2.21. The molecule has 1 fully saturated rings. The van der Waals surface area contributed by atoms with E-state index in [9.17, 15) is 4.79 Å². The standard InChI is InChI=1S/C12H13ClO3/c13-8-5-6-11(10(7-8)12(14)15)16-9-3-1-2-4-9/h5-7,9H,1-4H2,(H,14,15). The van der Waals surface area contributed by atoms with Crippen molar-refractivity contribution in [3.05, 3.63) is 28.8 Å². The van der Waals surface area contributed by atoms with Crippen LogP contribution in [0, 0.1) is 0 Å². The van der Waals surface area contributed by atoms with E-state index >= 15 is 0 Å². The second kappa shape index (κ2) is 4.74. The average Bonchev–Trinajstić information content (AvgIpc) is 2.73. The van der Waals surface area contributed by atoms with Crippen LogP contribution in [0.3, 0.4) is 0 Å². The Bertz CT molecular complexity index is 397. The minimum absolute atomic E-state index is 0.138. The van der Waals surface area contributed by atoms with Crippen LogP contribution in [-0.2, 0) is 0 Å². The fraction of sp³-hybridized carbons (Fsp3) is 0.417. The van der Waals surface area contributed by atoms with Crippen LogP contribution in [0.2, 0.25) is 5.02 Å². The van der Waals surface area contributed by atoms with Crippen molar-refractivity contribution in [2.75, 3.05) is 0 Å². The zero-order valence-corrected chi connectivity index (χ0v) is 9.54. The third kappa shape index (κ3) is 2.47. The summed E-state index contributed by atoms with van der Waals surface area (Å²) in [6, 6.07) is 4.70. The lowest BCUT2D eigenvalue weighted by Crippen LogP contribution is -2.13. The maximum atomic E-state index is 11.0. The first-order valence-corrected chi connectivity index (χ1v) is 5.74. The van der Waals surface area contributed by atoms with Gasteiger partial charge in [0.1, 0.15) is 11.3 Å². The number of rotatable bonds is 3. The first kappa shape index (κ1) is 11.3. The predicted molar refractivity (Wildman–Crippen MR) is 61.3 cm³/mol. The summed E-state index contributed by atoms with van der Waals surface area (Å²) in [4.78, 5) is 11.0. The van der Waals surface area contributed by atoms with Crippen molar-refractivity contribution in [2.24, 2.45) is 0 Å². The van der Waals surface area contributed by atoms with Crippen LogP contribution in [0.1, 0.15) is 36.0 Å². The van der Waals surface area contributed by atoms with Crippen molar-refractivity contribution in [1.82, 2.24) is 0 Å². The van der Waals surface area contributed by atoms with Crippen LogP contribution >= 0.6 is 11.6 Å². The SMILES string of the molecule is O=C(O)c1cc(Cl)ccc1OC1CCCC1. The van der Waals surface area contributed by atoms with E-state index in [1.54, 1.807) is 12.1 Å². The number of hydrogen-bond acceptors (Lipinski definition) is 2. The molecule has 0 bridgehead atoms. The van der Waals surface area contributed by atoms with Gasteiger partial charge < -0.3 is 9.84 Å². The number of carboxylic acids is 1. The van der Waals surface area contributed by atoms with Crippen LogP contribution in [0.5, 0.6) is 5.75 Å². The van der Waals surface area contributed by atoms with Crippen LogP contribution in [0.15, 0.2) is 18.2 Å². The van der Waals surface area contributed by atoms with Crippen molar-refractivity contribution in [3.63, 3.8) is 0 Å². The van der Waals surface area contributed by atoms with Gasteiger partial charge in [-0.1, -0.05) is 11.6 Å². The number of carbonyl (C=O) groups is 1. The molecule has 1 aliphatic carbocycles. The molecule has 1 aromatic rings. The zero-order valence-electron chi connectivity index (χ0n) is 8.78. The summed E-state index contributed by atoms with van der Waals surface area (Å²) in [5.74, 6) is -0.584. The lowest BCUT2D eigenvalue weighted by molar-refractivity contribution is 0.0689. The number of carboxylic acid groups (broad SMARTS) is 1. The van der Waals surface area contributed by atoms with Crippen molar-refractivity contribution >= 4 is 17.6 Å². The summed E-state index contributed by atoms with van der Waals surface area (Å²) < 4.78 is 5.68. The van der Waals surface area contributed by atoms with Crippen LogP contribution < -0.4 is 4.74 Å². The van der Waals surface area contributed by atoms with E-state index in [1.807, 2.05) is 0 Å². The molecule has 1 aliphatic rings. The molecule has 16 heavy (non-hydrogen) atoms. The van der Waals surface area contributed by atoms with Gasteiger partial charge in [0.2, 0.25) is 0 Å². The molecule has 0 aromatic heterocycles. The largest absolute Gasteiger partial charge is 0.490 e. The highest BCUT2D eigenvalue weighted by molar-refractivity contribution is 6.31. The Kier molecular flexibility index (Phi) is 3.34. The minimum atomic E-state index is -1.00. The second-order valence-electron chi connectivity index (χ2n) is 3.97. The maximum Gasteiger partial charge on any atom is 0.339 e. The second-order valence-corrected chi connectivity index (χ2v) is 4.41. The van der Waals surface area contributed by atoms with Gasteiger partial charge >= 0.3 is 5.97 Å². The average molecular weight is 241 g/mol. The maximum absolute atomic E-state index is 11.0. The molecule has 0 amide bonds. The Morgan fingerprint density at radius 1 is 1.38 bits per heavy atom. The summed E-state index contributed by atoms with van der Waals surface area (Å²) in [5, 5.41) is 9.44. The number of hydrogen-bond donors (Lipinski definition) is 1. The van der Waals surface area contributed by atoms with E-state index in [-0.39, 0.29) is 11.7 Å². The third-order valence-electron chi connectivity index (χ3n) is 2.77. The van der Waals surface area contributed by atoms with Gasteiger partial charge in [0.25, 0.3) is 0 Å². The molecule has 1 aromatic carbocycles. The molecule has 3 nitrogen and oxygen atoms in total. The monoisotopic (exact) mass is 240 g/mol. The molecule has 0 aliphatic heterocycles. The summed E-state index contributed by atoms with van der Waals surface area (Å²) in [6.45, 7) is 0. The van der Waals surface area contributed by atoms with E-state index in [1.165, 1.54) is 6.07 Å². The molecule has 0 unspecified atom stereocenters. The molecule has 0 radical (unpaired) electrons.